The number of methoxy groups -OCH3 is 1. The minimum atomic E-state index is -0.0552. The van der Waals surface area contributed by atoms with Crippen molar-refractivity contribution in [2.24, 2.45) is 0 Å². The molecule has 2 rings (SSSR count). The molecule has 1 heterocycles. The molecule has 1 aromatic rings. The van der Waals surface area contributed by atoms with Crippen LogP contribution in [0.1, 0.15) is 0 Å². The largest absolute Gasteiger partial charge is 0.497 e. The Morgan fingerprint density at radius 3 is 2.86 bits per heavy atom. The van der Waals surface area contributed by atoms with Crippen LogP contribution in [-0.2, 0) is 4.79 Å². The molecule has 1 saturated heterocycles. The summed E-state index contributed by atoms with van der Waals surface area (Å²) in [4.78, 5) is 15.7. The number of piperazine rings is 1. The number of benzene rings is 1. The van der Waals surface area contributed by atoms with E-state index in [0.717, 1.165) is 41.9 Å². The third kappa shape index (κ3) is 5.15. The third-order valence-electron chi connectivity index (χ3n) is 3.56. The monoisotopic (exact) mass is 340 g/mol. The topological polar surface area (TPSA) is 46.0 Å². The summed E-state index contributed by atoms with van der Waals surface area (Å²) in [5, 5.41) is 2.86. The number of carbonyl (C=O) groups excluding carboxylic acids is 1. The molecule has 1 fully saturated rings. The van der Waals surface area contributed by atoms with E-state index in [4.69, 9.17) is 17.0 Å². The maximum Gasteiger partial charge on any atom is 0.234 e. The van der Waals surface area contributed by atoms with Crippen LogP contribution in [0.4, 0.5) is 5.69 Å². The average Bonchev–Trinajstić information content (AvgIpc) is 2.53. The molecule has 0 bridgehead atoms. The highest BCUT2D eigenvalue weighted by Crippen LogP contribution is 2.17. The Balaban J connectivity index is 1.76. The third-order valence-corrected chi connectivity index (χ3v) is 5.08. The molecule has 22 heavy (non-hydrogen) atoms. The molecule has 0 radical (unpaired) electrons. The SMILES string of the molecule is COc1cccc(NC(=O)CSC(=S)N2CC[NH+](C)CC2)c1. The Bertz CT molecular complexity index is 531. The van der Waals surface area contributed by atoms with Crippen LogP contribution < -0.4 is 15.0 Å². The van der Waals surface area contributed by atoms with E-state index >= 15 is 0 Å². The normalized spacial score (nSPS) is 15.5. The van der Waals surface area contributed by atoms with E-state index in [1.165, 1.54) is 16.7 Å². The van der Waals surface area contributed by atoms with E-state index in [-0.39, 0.29) is 5.91 Å². The molecule has 1 aliphatic heterocycles. The Kier molecular flexibility index (Phi) is 6.48. The van der Waals surface area contributed by atoms with Crippen molar-refractivity contribution >= 4 is 39.9 Å². The van der Waals surface area contributed by atoms with Gasteiger partial charge in [0.15, 0.2) is 0 Å². The summed E-state index contributed by atoms with van der Waals surface area (Å²) >= 11 is 6.84. The summed E-state index contributed by atoms with van der Waals surface area (Å²) in [6, 6.07) is 7.32. The molecule has 0 aromatic heterocycles. The number of thioether (sulfide) groups is 1. The summed E-state index contributed by atoms with van der Waals surface area (Å²) in [6.45, 7) is 4.12. The number of carbonyl (C=O) groups is 1. The number of hydrogen-bond donors (Lipinski definition) is 2. The summed E-state index contributed by atoms with van der Waals surface area (Å²) in [5.41, 5.74) is 0.735. The molecular weight excluding hydrogens is 318 g/mol. The van der Waals surface area contributed by atoms with Gasteiger partial charge in [-0.25, -0.2) is 0 Å². The van der Waals surface area contributed by atoms with Crippen LogP contribution in [0.25, 0.3) is 0 Å². The van der Waals surface area contributed by atoms with Gasteiger partial charge >= 0.3 is 0 Å². The number of rotatable bonds is 4. The lowest BCUT2D eigenvalue weighted by atomic mass is 10.3. The Hall–Kier alpha value is -1.31. The van der Waals surface area contributed by atoms with Gasteiger partial charge in [0, 0.05) is 11.8 Å². The fourth-order valence-electron chi connectivity index (χ4n) is 2.19. The van der Waals surface area contributed by atoms with Crippen molar-refractivity contribution in [1.29, 1.82) is 0 Å². The zero-order valence-corrected chi connectivity index (χ0v) is 14.6. The fraction of sp³-hybridized carbons (Fsp3) is 0.467. The van der Waals surface area contributed by atoms with Gasteiger partial charge in [0.1, 0.15) is 10.1 Å². The van der Waals surface area contributed by atoms with Crippen LogP contribution in [0, 0.1) is 0 Å². The first-order chi connectivity index (χ1) is 10.6. The van der Waals surface area contributed by atoms with E-state index in [0.29, 0.717) is 5.75 Å². The Morgan fingerprint density at radius 2 is 2.18 bits per heavy atom. The quantitative estimate of drug-likeness (QED) is 0.781. The van der Waals surface area contributed by atoms with Gasteiger partial charge in [-0.1, -0.05) is 30.0 Å². The maximum absolute atomic E-state index is 12.0. The van der Waals surface area contributed by atoms with Crippen LogP contribution in [0.2, 0.25) is 0 Å². The number of nitrogens with one attached hydrogen (secondary N) is 2. The molecule has 1 amide bonds. The Labute approximate surface area is 141 Å². The second-order valence-electron chi connectivity index (χ2n) is 5.28. The second kappa shape index (κ2) is 8.36. The predicted octanol–water partition coefficient (Wildman–Crippen LogP) is 0.482. The average molecular weight is 340 g/mol. The standard InChI is InChI=1S/C15H21N3O2S2/c1-17-6-8-18(9-7-17)15(21)22-11-14(19)16-12-4-3-5-13(10-12)20-2/h3-5,10H,6-9,11H2,1-2H3,(H,16,19)/p+1. The lowest BCUT2D eigenvalue weighted by Crippen LogP contribution is -3.12. The number of anilines is 1. The molecule has 120 valence electrons. The van der Waals surface area contributed by atoms with E-state index in [2.05, 4.69) is 17.3 Å². The lowest BCUT2D eigenvalue weighted by molar-refractivity contribution is -0.883. The van der Waals surface area contributed by atoms with E-state index in [9.17, 15) is 4.79 Å². The number of amides is 1. The highest BCUT2D eigenvalue weighted by Gasteiger charge is 2.19. The van der Waals surface area contributed by atoms with Gasteiger partial charge in [-0.3, -0.25) is 4.79 Å². The zero-order chi connectivity index (χ0) is 15.9. The van der Waals surface area contributed by atoms with Gasteiger partial charge < -0.3 is 19.9 Å². The van der Waals surface area contributed by atoms with Crippen LogP contribution in [0.5, 0.6) is 5.75 Å². The molecule has 0 atom stereocenters. The van der Waals surface area contributed by atoms with Crippen LogP contribution >= 0.6 is 24.0 Å². The van der Waals surface area contributed by atoms with Crippen molar-refractivity contribution in [3.63, 3.8) is 0 Å². The highest BCUT2D eigenvalue weighted by molar-refractivity contribution is 8.23. The van der Waals surface area contributed by atoms with Gasteiger partial charge in [-0.05, 0) is 12.1 Å². The van der Waals surface area contributed by atoms with Gasteiger partial charge in [0.25, 0.3) is 0 Å². The van der Waals surface area contributed by atoms with Crippen LogP contribution in [0.3, 0.4) is 0 Å². The van der Waals surface area contributed by atoms with E-state index < -0.39 is 0 Å². The summed E-state index contributed by atoms with van der Waals surface area (Å²) < 4.78 is 5.95. The van der Waals surface area contributed by atoms with Crippen LogP contribution in [0.15, 0.2) is 24.3 Å². The van der Waals surface area contributed by atoms with Gasteiger partial charge in [0.05, 0.1) is 46.1 Å². The lowest BCUT2D eigenvalue weighted by Gasteiger charge is -2.31. The number of thiocarbonyl (C=S) groups is 1. The summed E-state index contributed by atoms with van der Waals surface area (Å²) in [5.74, 6) is 0.996. The molecule has 2 N–H and O–H groups in total. The van der Waals surface area contributed by atoms with Gasteiger partial charge in [-0.2, -0.15) is 0 Å². The first-order valence-electron chi connectivity index (χ1n) is 7.25. The minimum Gasteiger partial charge on any atom is -0.497 e. The number of likely N-dealkylation sites (N-methyl/N-ethyl adjacent to an activating group) is 1. The summed E-state index contributed by atoms with van der Waals surface area (Å²) in [6.07, 6.45) is 0. The van der Waals surface area contributed by atoms with Crippen molar-refractivity contribution in [2.75, 3.05) is 51.4 Å². The Morgan fingerprint density at radius 1 is 1.45 bits per heavy atom. The molecule has 0 aliphatic carbocycles. The second-order valence-corrected chi connectivity index (χ2v) is 6.89. The molecule has 7 heteroatoms. The van der Waals surface area contributed by atoms with Crippen molar-refractivity contribution in [2.45, 2.75) is 0 Å². The number of hydrogen-bond acceptors (Lipinski definition) is 4. The highest BCUT2D eigenvalue weighted by atomic mass is 32.2. The van der Waals surface area contributed by atoms with Crippen molar-refractivity contribution in [1.82, 2.24) is 4.90 Å². The molecule has 1 aromatic carbocycles. The van der Waals surface area contributed by atoms with Crippen molar-refractivity contribution in [3.8, 4) is 5.75 Å². The van der Waals surface area contributed by atoms with E-state index in [1.807, 2.05) is 18.2 Å². The molecule has 0 saturated carbocycles. The number of ether oxygens (including phenoxy) is 1. The molecular formula is C15H22N3O2S2+. The maximum atomic E-state index is 12.0. The first-order valence-corrected chi connectivity index (χ1v) is 8.65. The fourth-order valence-corrected chi connectivity index (χ4v) is 3.24. The smallest absolute Gasteiger partial charge is 0.234 e. The first kappa shape index (κ1) is 17.1. The van der Waals surface area contributed by atoms with Crippen molar-refractivity contribution < 1.29 is 14.4 Å². The summed E-state index contributed by atoms with van der Waals surface area (Å²) in [7, 11) is 3.79. The van der Waals surface area contributed by atoms with Gasteiger partial charge in [-0.15, -0.1) is 0 Å². The number of nitrogens with zero attached hydrogens (tertiary/aromatic N) is 1. The predicted molar refractivity (Wildman–Crippen MR) is 94.9 cm³/mol. The molecule has 5 nitrogen and oxygen atoms in total. The minimum absolute atomic E-state index is 0.0552. The molecule has 1 aliphatic rings. The van der Waals surface area contributed by atoms with Crippen molar-refractivity contribution in [3.05, 3.63) is 24.3 Å². The zero-order valence-electron chi connectivity index (χ0n) is 12.9. The molecule has 0 unspecified atom stereocenters. The molecule has 0 spiro atoms. The number of quaternary nitrogens is 1. The van der Waals surface area contributed by atoms with E-state index in [1.54, 1.807) is 13.2 Å². The van der Waals surface area contributed by atoms with Crippen LogP contribution in [-0.4, -0.2) is 61.2 Å². The van der Waals surface area contributed by atoms with Gasteiger partial charge in [0.2, 0.25) is 5.91 Å².